The number of nitrogens with zero attached hydrogens (tertiary/aromatic N) is 1. The number of carbonyl (C=O) groups excluding carboxylic acids is 1. The van der Waals surface area contributed by atoms with Gasteiger partial charge in [-0.1, -0.05) is 30.3 Å². The Morgan fingerprint density at radius 3 is 2.55 bits per heavy atom. The molecule has 2 rings (SSSR count). The maximum Gasteiger partial charge on any atom is 0.411 e. The van der Waals surface area contributed by atoms with Crippen LogP contribution < -0.4 is 5.73 Å². The lowest BCUT2D eigenvalue weighted by molar-refractivity contribution is -0.0198. The van der Waals surface area contributed by atoms with Gasteiger partial charge in [0.15, 0.2) is 0 Å². The van der Waals surface area contributed by atoms with Crippen molar-refractivity contribution in [1.29, 1.82) is 0 Å². The highest BCUT2D eigenvalue weighted by molar-refractivity contribution is 5.70. The van der Waals surface area contributed by atoms with E-state index in [2.05, 4.69) is 12.1 Å². The van der Waals surface area contributed by atoms with Crippen molar-refractivity contribution in [2.45, 2.75) is 57.6 Å². The summed E-state index contributed by atoms with van der Waals surface area (Å²) in [5.41, 5.74) is 6.23. The van der Waals surface area contributed by atoms with Gasteiger partial charge in [-0.2, -0.15) is 0 Å². The SMILES string of the molecule is CC(C)(C)OC(=O)N1CCCCC1(CCN)c1ccccc1. The molecule has 1 atom stereocenters. The predicted octanol–water partition coefficient (Wildman–Crippen LogP) is 3.65. The van der Waals surface area contributed by atoms with Gasteiger partial charge >= 0.3 is 6.09 Å². The molecule has 1 aliphatic heterocycles. The number of likely N-dealkylation sites (tertiary alicyclic amines) is 1. The Labute approximate surface area is 133 Å². The summed E-state index contributed by atoms with van der Waals surface area (Å²) >= 11 is 0. The summed E-state index contributed by atoms with van der Waals surface area (Å²) in [4.78, 5) is 14.6. The predicted molar refractivity (Wildman–Crippen MR) is 88.6 cm³/mol. The molecule has 0 spiro atoms. The Morgan fingerprint density at radius 2 is 1.95 bits per heavy atom. The highest BCUT2D eigenvalue weighted by atomic mass is 16.6. The van der Waals surface area contributed by atoms with Crippen molar-refractivity contribution in [2.75, 3.05) is 13.1 Å². The van der Waals surface area contributed by atoms with Crippen molar-refractivity contribution in [3.05, 3.63) is 35.9 Å². The van der Waals surface area contributed by atoms with Crippen molar-refractivity contribution in [2.24, 2.45) is 5.73 Å². The zero-order valence-electron chi connectivity index (χ0n) is 14.0. The second-order valence-corrected chi connectivity index (χ2v) is 7.03. The average molecular weight is 304 g/mol. The van der Waals surface area contributed by atoms with Crippen LogP contribution in [0.2, 0.25) is 0 Å². The van der Waals surface area contributed by atoms with Gasteiger partial charge in [-0.25, -0.2) is 4.79 Å². The van der Waals surface area contributed by atoms with E-state index in [0.29, 0.717) is 6.54 Å². The van der Waals surface area contributed by atoms with Gasteiger partial charge in [0.2, 0.25) is 0 Å². The molecule has 1 aromatic rings. The maximum absolute atomic E-state index is 12.7. The molecule has 1 saturated heterocycles. The maximum atomic E-state index is 12.7. The molecule has 1 aliphatic rings. The van der Waals surface area contributed by atoms with E-state index in [0.717, 1.165) is 37.8 Å². The van der Waals surface area contributed by atoms with Crippen LogP contribution in [0.3, 0.4) is 0 Å². The average Bonchev–Trinajstić information content (AvgIpc) is 2.47. The smallest absolute Gasteiger partial charge is 0.411 e. The third-order valence-corrected chi connectivity index (χ3v) is 4.22. The Balaban J connectivity index is 2.37. The Morgan fingerprint density at radius 1 is 1.27 bits per heavy atom. The van der Waals surface area contributed by atoms with Gasteiger partial charge in [-0.15, -0.1) is 0 Å². The Hall–Kier alpha value is -1.55. The van der Waals surface area contributed by atoms with Crippen molar-refractivity contribution >= 4 is 6.09 Å². The number of rotatable bonds is 3. The molecule has 0 aromatic heterocycles. The van der Waals surface area contributed by atoms with E-state index in [4.69, 9.17) is 10.5 Å². The fraction of sp³-hybridized carbons (Fsp3) is 0.611. The fourth-order valence-corrected chi connectivity index (χ4v) is 3.31. The van der Waals surface area contributed by atoms with Crippen LogP contribution in [0, 0.1) is 0 Å². The van der Waals surface area contributed by atoms with Crippen molar-refractivity contribution in [1.82, 2.24) is 4.90 Å². The lowest BCUT2D eigenvalue weighted by Gasteiger charge is -2.47. The first-order chi connectivity index (χ1) is 10.4. The van der Waals surface area contributed by atoms with Gasteiger partial charge in [-0.05, 0) is 58.6 Å². The van der Waals surface area contributed by atoms with Gasteiger partial charge < -0.3 is 10.5 Å². The molecule has 1 unspecified atom stereocenters. The van der Waals surface area contributed by atoms with Crippen LogP contribution in [0.25, 0.3) is 0 Å². The fourth-order valence-electron chi connectivity index (χ4n) is 3.31. The molecule has 0 aliphatic carbocycles. The molecule has 0 radical (unpaired) electrons. The molecule has 1 aromatic carbocycles. The Kier molecular flexibility index (Phi) is 5.12. The third-order valence-electron chi connectivity index (χ3n) is 4.22. The first-order valence-corrected chi connectivity index (χ1v) is 8.15. The van der Waals surface area contributed by atoms with E-state index in [1.165, 1.54) is 0 Å². The lowest BCUT2D eigenvalue weighted by atomic mass is 9.78. The van der Waals surface area contributed by atoms with Crippen LogP contribution in [0.4, 0.5) is 4.79 Å². The first-order valence-electron chi connectivity index (χ1n) is 8.15. The van der Waals surface area contributed by atoms with E-state index in [9.17, 15) is 4.79 Å². The summed E-state index contributed by atoms with van der Waals surface area (Å²) in [6, 6.07) is 10.2. The lowest BCUT2D eigenvalue weighted by Crippen LogP contribution is -2.54. The molecule has 1 fully saturated rings. The zero-order valence-corrected chi connectivity index (χ0v) is 14.0. The van der Waals surface area contributed by atoms with Gasteiger partial charge in [0, 0.05) is 6.54 Å². The number of hydrogen-bond acceptors (Lipinski definition) is 3. The normalized spacial score (nSPS) is 22.5. The summed E-state index contributed by atoms with van der Waals surface area (Å²) < 4.78 is 5.65. The number of ether oxygens (including phenoxy) is 1. The first kappa shape index (κ1) is 16.8. The second-order valence-electron chi connectivity index (χ2n) is 7.03. The Bertz CT molecular complexity index is 492. The minimum Gasteiger partial charge on any atom is -0.444 e. The molecule has 0 saturated carbocycles. The van der Waals surface area contributed by atoms with E-state index in [-0.39, 0.29) is 11.6 Å². The van der Waals surface area contributed by atoms with E-state index in [1.54, 1.807) is 0 Å². The van der Waals surface area contributed by atoms with E-state index >= 15 is 0 Å². The molecular weight excluding hydrogens is 276 g/mol. The number of piperidine rings is 1. The summed E-state index contributed by atoms with van der Waals surface area (Å²) in [7, 11) is 0. The molecule has 2 N–H and O–H groups in total. The molecule has 4 nitrogen and oxygen atoms in total. The van der Waals surface area contributed by atoms with Crippen LogP contribution in [0.5, 0.6) is 0 Å². The quantitative estimate of drug-likeness (QED) is 0.927. The summed E-state index contributed by atoms with van der Waals surface area (Å²) in [6.07, 6.45) is 3.58. The summed E-state index contributed by atoms with van der Waals surface area (Å²) in [6.45, 7) is 6.99. The molecule has 4 heteroatoms. The van der Waals surface area contributed by atoms with E-state index in [1.807, 2.05) is 43.9 Å². The molecule has 122 valence electrons. The van der Waals surface area contributed by atoms with Gasteiger partial charge in [0.1, 0.15) is 5.60 Å². The minimum atomic E-state index is -0.486. The summed E-state index contributed by atoms with van der Waals surface area (Å²) in [5, 5.41) is 0. The van der Waals surface area contributed by atoms with Gasteiger partial charge in [0.05, 0.1) is 5.54 Å². The number of carbonyl (C=O) groups is 1. The van der Waals surface area contributed by atoms with Gasteiger partial charge in [-0.3, -0.25) is 4.90 Å². The molecule has 0 bridgehead atoms. The summed E-state index contributed by atoms with van der Waals surface area (Å²) in [5.74, 6) is 0. The number of amides is 1. The van der Waals surface area contributed by atoms with E-state index < -0.39 is 5.60 Å². The van der Waals surface area contributed by atoms with Crippen LogP contribution in [-0.4, -0.2) is 29.7 Å². The highest BCUT2D eigenvalue weighted by Crippen LogP contribution is 2.41. The van der Waals surface area contributed by atoms with Crippen molar-refractivity contribution in [3.63, 3.8) is 0 Å². The monoisotopic (exact) mass is 304 g/mol. The zero-order chi connectivity index (χ0) is 16.2. The minimum absolute atomic E-state index is 0.232. The van der Waals surface area contributed by atoms with Crippen LogP contribution in [0.1, 0.15) is 52.0 Å². The number of benzene rings is 1. The molecule has 1 amide bonds. The molecular formula is C18H28N2O2. The van der Waals surface area contributed by atoms with Crippen molar-refractivity contribution < 1.29 is 9.53 Å². The van der Waals surface area contributed by atoms with Crippen LogP contribution >= 0.6 is 0 Å². The third kappa shape index (κ3) is 3.61. The molecule has 1 heterocycles. The number of hydrogen-bond donors (Lipinski definition) is 1. The molecule has 22 heavy (non-hydrogen) atoms. The van der Waals surface area contributed by atoms with Crippen LogP contribution in [0.15, 0.2) is 30.3 Å². The van der Waals surface area contributed by atoms with Gasteiger partial charge in [0.25, 0.3) is 0 Å². The topological polar surface area (TPSA) is 55.6 Å². The largest absolute Gasteiger partial charge is 0.444 e. The van der Waals surface area contributed by atoms with Crippen LogP contribution in [-0.2, 0) is 10.3 Å². The second kappa shape index (κ2) is 6.69. The van der Waals surface area contributed by atoms with Crippen molar-refractivity contribution in [3.8, 4) is 0 Å². The standard InChI is InChI=1S/C18H28N2O2/c1-17(2,3)22-16(21)20-14-8-7-11-18(20,12-13-19)15-9-5-4-6-10-15/h4-6,9-10H,7-8,11-14,19H2,1-3H3. The highest BCUT2D eigenvalue weighted by Gasteiger charge is 2.43. The number of nitrogens with two attached hydrogens (primary N) is 1.